The maximum atomic E-state index is 11.5. The van der Waals surface area contributed by atoms with Gasteiger partial charge < -0.3 is 4.74 Å². The summed E-state index contributed by atoms with van der Waals surface area (Å²) in [6, 6.07) is 5.93. The molecule has 16 heavy (non-hydrogen) atoms. The zero-order valence-corrected chi connectivity index (χ0v) is 11.6. The molecule has 0 atom stereocenters. The molecule has 1 aromatic carbocycles. The van der Waals surface area contributed by atoms with Crippen molar-refractivity contribution in [3.05, 3.63) is 33.7 Å². The lowest BCUT2D eigenvalue weighted by Crippen LogP contribution is -1.97. The van der Waals surface area contributed by atoms with Crippen LogP contribution in [0.1, 0.15) is 15.2 Å². The van der Waals surface area contributed by atoms with Crippen molar-refractivity contribution in [1.29, 1.82) is 0 Å². The Morgan fingerprint density at radius 2 is 2.31 bits per heavy atom. The topological polar surface area (TPSA) is 26.3 Å². The molecule has 0 unspecified atom stereocenters. The standard InChI is InChI=1S/C11H8BrClO2S/c1-15-11(14)10-9(13)7-3-2-6(5-12)4-8(7)16-10/h2-4H,5H2,1H3. The average molecular weight is 320 g/mol. The number of halogens is 2. The van der Waals surface area contributed by atoms with E-state index in [9.17, 15) is 4.79 Å². The van der Waals surface area contributed by atoms with Crippen LogP contribution in [0.5, 0.6) is 0 Å². The lowest BCUT2D eigenvalue weighted by Gasteiger charge is -1.95. The van der Waals surface area contributed by atoms with E-state index < -0.39 is 0 Å². The molecule has 0 aliphatic carbocycles. The molecule has 84 valence electrons. The van der Waals surface area contributed by atoms with Gasteiger partial charge in [-0.1, -0.05) is 39.7 Å². The molecule has 1 aromatic heterocycles. The highest BCUT2D eigenvalue weighted by Gasteiger charge is 2.17. The van der Waals surface area contributed by atoms with Gasteiger partial charge in [0.25, 0.3) is 0 Å². The molecule has 0 spiro atoms. The minimum atomic E-state index is -0.383. The van der Waals surface area contributed by atoms with Gasteiger partial charge in [0, 0.05) is 15.4 Å². The molecule has 0 bridgehead atoms. The summed E-state index contributed by atoms with van der Waals surface area (Å²) in [5.41, 5.74) is 1.15. The van der Waals surface area contributed by atoms with Crippen LogP contribution in [0.3, 0.4) is 0 Å². The first-order valence-corrected chi connectivity index (χ1v) is 6.84. The molecule has 1 heterocycles. The van der Waals surface area contributed by atoms with E-state index in [1.807, 2.05) is 18.2 Å². The molecule has 0 saturated carbocycles. The van der Waals surface area contributed by atoms with E-state index in [2.05, 4.69) is 20.7 Å². The van der Waals surface area contributed by atoms with Crippen molar-refractivity contribution in [3.63, 3.8) is 0 Å². The fourth-order valence-corrected chi connectivity index (χ4v) is 3.26. The Bertz CT molecular complexity index is 550. The van der Waals surface area contributed by atoms with Gasteiger partial charge >= 0.3 is 5.97 Å². The summed E-state index contributed by atoms with van der Waals surface area (Å²) >= 11 is 10.9. The van der Waals surface area contributed by atoms with Crippen LogP contribution in [0.2, 0.25) is 5.02 Å². The highest BCUT2D eigenvalue weighted by Crippen LogP contribution is 2.36. The van der Waals surface area contributed by atoms with E-state index in [0.29, 0.717) is 9.90 Å². The van der Waals surface area contributed by atoms with E-state index in [1.54, 1.807) is 0 Å². The van der Waals surface area contributed by atoms with E-state index in [-0.39, 0.29) is 5.97 Å². The lowest BCUT2D eigenvalue weighted by atomic mass is 10.2. The summed E-state index contributed by atoms with van der Waals surface area (Å²) in [7, 11) is 1.35. The Labute approximate surface area is 110 Å². The van der Waals surface area contributed by atoms with Gasteiger partial charge in [0.2, 0.25) is 0 Å². The molecule has 0 saturated heterocycles. The number of ether oxygens (including phenoxy) is 1. The Kier molecular flexibility index (Phi) is 3.52. The van der Waals surface area contributed by atoms with Gasteiger partial charge in [-0.2, -0.15) is 0 Å². The lowest BCUT2D eigenvalue weighted by molar-refractivity contribution is 0.0606. The van der Waals surface area contributed by atoms with Crippen molar-refractivity contribution >= 4 is 54.9 Å². The van der Waals surface area contributed by atoms with Crippen LogP contribution < -0.4 is 0 Å². The van der Waals surface area contributed by atoms with Gasteiger partial charge in [0.05, 0.1) is 12.1 Å². The summed E-state index contributed by atoms with van der Waals surface area (Å²) in [4.78, 5) is 11.9. The van der Waals surface area contributed by atoms with Crippen molar-refractivity contribution < 1.29 is 9.53 Å². The number of rotatable bonds is 2. The Morgan fingerprint density at radius 3 is 2.94 bits per heavy atom. The Balaban J connectivity index is 2.63. The first-order valence-electron chi connectivity index (χ1n) is 4.52. The fraction of sp³-hybridized carbons (Fsp3) is 0.182. The summed E-state index contributed by atoms with van der Waals surface area (Å²) in [6.45, 7) is 0. The van der Waals surface area contributed by atoms with Gasteiger partial charge in [-0.15, -0.1) is 11.3 Å². The van der Waals surface area contributed by atoms with Crippen LogP contribution in [0.25, 0.3) is 10.1 Å². The third kappa shape index (κ3) is 1.97. The van der Waals surface area contributed by atoms with Gasteiger partial charge in [-0.3, -0.25) is 0 Å². The smallest absolute Gasteiger partial charge is 0.349 e. The summed E-state index contributed by atoms with van der Waals surface area (Å²) in [6.07, 6.45) is 0. The van der Waals surface area contributed by atoms with Crippen LogP contribution in [0.15, 0.2) is 18.2 Å². The molecular formula is C11H8BrClO2S. The zero-order valence-electron chi connectivity index (χ0n) is 8.42. The second kappa shape index (κ2) is 4.73. The van der Waals surface area contributed by atoms with Gasteiger partial charge in [0.15, 0.2) is 0 Å². The van der Waals surface area contributed by atoms with Crippen molar-refractivity contribution in [1.82, 2.24) is 0 Å². The van der Waals surface area contributed by atoms with Gasteiger partial charge in [-0.05, 0) is 11.6 Å². The molecule has 0 radical (unpaired) electrons. The van der Waals surface area contributed by atoms with Crippen LogP contribution in [-0.4, -0.2) is 13.1 Å². The predicted molar refractivity (Wildman–Crippen MR) is 70.8 cm³/mol. The number of hydrogen-bond donors (Lipinski definition) is 0. The van der Waals surface area contributed by atoms with Crippen LogP contribution >= 0.6 is 38.9 Å². The third-order valence-corrected chi connectivity index (χ3v) is 4.50. The number of benzene rings is 1. The molecule has 0 amide bonds. The molecular weight excluding hydrogens is 312 g/mol. The highest BCUT2D eigenvalue weighted by atomic mass is 79.9. The number of fused-ring (bicyclic) bond motifs is 1. The maximum Gasteiger partial charge on any atom is 0.349 e. The van der Waals surface area contributed by atoms with Crippen molar-refractivity contribution in [2.24, 2.45) is 0 Å². The summed E-state index contributed by atoms with van der Waals surface area (Å²) < 4.78 is 5.68. The number of carbonyl (C=O) groups is 1. The molecule has 2 aromatic rings. The van der Waals surface area contributed by atoms with Gasteiger partial charge in [-0.25, -0.2) is 4.79 Å². The number of carbonyl (C=O) groups excluding carboxylic acids is 1. The van der Waals surface area contributed by atoms with Gasteiger partial charge in [0.1, 0.15) is 4.88 Å². The van der Waals surface area contributed by atoms with Crippen LogP contribution in [0.4, 0.5) is 0 Å². The minimum absolute atomic E-state index is 0.383. The molecule has 0 N–H and O–H groups in total. The Morgan fingerprint density at radius 1 is 1.56 bits per heavy atom. The predicted octanol–water partition coefficient (Wildman–Crippen LogP) is 4.24. The first-order chi connectivity index (χ1) is 7.67. The fourth-order valence-electron chi connectivity index (χ4n) is 1.42. The first kappa shape index (κ1) is 11.9. The van der Waals surface area contributed by atoms with Crippen molar-refractivity contribution in [3.8, 4) is 0 Å². The number of thiophene rings is 1. The Hall–Kier alpha value is -0.580. The van der Waals surface area contributed by atoms with E-state index in [1.165, 1.54) is 18.4 Å². The average Bonchev–Trinajstić information content (AvgIpc) is 2.65. The van der Waals surface area contributed by atoms with E-state index >= 15 is 0 Å². The zero-order chi connectivity index (χ0) is 11.7. The second-order valence-corrected chi connectivity index (χ2v) is 5.19. The molecule has 0 aliphatic rings. The summed E-state index contributed by atoms with van der Waals surface area (Å²) in [5, 5.41) is 2.16. The molecule has 2 nitrogen and oxygen atoms in total. The molecule has 5 heteroatoms. The largest absolute Gasteiger partial charge is 0.465 e. The SMILES string of the molecule is COC(=O)c1sc2cc(CBr)ccc2c1Cl. The normalized spacial score (nSPS) is 10.7. The van der Waals surface area contributed by atoms with Crippen molar-refractivity contribution in [2.75, 3.05) is 7.11 Å². The maximum absolute atomic E-state index is 11.5. The molecule has 0 aliphatic heterocycles. The summed E-state index contributed by atoms with van der Waals surface area (Å²) in [5.74, 6) is -0.383. The third-order valence-electron chi connectivity index (χ3n) is 2.22. The van der Waals surface area contributed by atoms with Crippen molar-refractivity contribution in [2.45, 2.75) is 5.33 Å². The molecule has 0 fully saturated rings. The van der Waals surface area contributed by atoms with Crippen LogP contribution in [0, 0.1) is 0 Å². The quantitative estimate of drug-likeness (QED) is 0.611. The van der Waals surface area contributed by atoms with E-state index in [0.717, 1.165) is 21.0 Å². The second-order valence-electron chi connectivity index (χ2n) is 3.20. The highest BCUT2D eigenvalue weighted by molar-refractivity contribution is 9.08. The number of methoxy groups -OCH3 is 1. The van der Waals surface area contributed by atoms with Crippen LogP contribution in [-0.2, 0) is 10.1 Å². The number of alkyl halides is 1. The molecule has 2 rings (SSSR count). The van der Waals surface area contributed by atoms with E-state index in [4.69, 9.17) is 11.6 Å². The minimum Gasteiger partial charge on any atom is -0.465 e. The number of hydrogen-bond acceptors (Lipinski definition) is 3. The number of esters is 1. The monoisotopic (exact) mass is 318 g/mol.